The van der Waals surface area contributed by atoms with Gasteiger partial charge in [0.05, 0.1) is 6.61 Å². The summed E-state index contributed by atoms with van der Waals surface area (Å²) in [6, 6.07) is 8.64. The summed E-state index contributed by atoms with van der Waals surface area (Å²) in [6.07, 6.45) is 0.949. The first-order valence-electron chi connectivity index (χ1n) is 6.26. The van der Waals surface area contributed by atoms with Crippen molar-refractivity contribution in [3.8, 4) is 0 Å². The average Bonchev–Trinajstić information content (AvgIpc) is 2.79. The molecule has 0 saturated heterocycles. The molecule has 17 heavy (non-hydrogen) atoms. The molecule has 3 heteroatoms. The summed E-state index contributed by atoms with van der Waals surface area (Å²) >= 11 is 1.94. The molecule has 0 fully saturated rings. The Kier molecular flexibility index (Phi) is 4.13. The smallest absolute Gasteiger partial charge is 0.0610 e. The second kappa shape index (κ2) is 5.42. The third-order valence-electron chi connectivity index (χ3n) is 3.70. The quantitative estimate of drug-likeness (QED) is 0.844. The van der Waals surface area contributed by atoms with Gasteiger partial charge in [-0.05, 0) is 25.0 Å². The van der Waals surface area contributed by atoms with Gasteiger partial charge in [-0.25, -0.2) is 0 Å². The van der Waals surface area contributed by atoms with Crippen molar-refractivity contribution in [3.63, 3.8) is 0 Å². The van der Waals surface area contributed by atoms with E-state index in [1.54, 1.807) is 0 Å². The molecule has 2 unspecified atom stereocenters. The molecule has 2 nitrogen and oxygen atoms in total. The normalized spacial score (nSPS) is 22.2. The van der Waals surface area contributed by atoms with E-state index in [4.69, 9.17) is 0 Å². The number of benzene rings is 1. The maximum atomic E-state index is 9.39. The number of hydrogen-bond acceptors (Lipinski definition) is 3. The highest BCUT2D eigenvalue weighted by Crippen LogP contribution is 2.39. The first kappa shape index (κ1) is 12.9. The molecule has 0 radical (unpaired) electrons. The fourth-order valence-corrected chi connectivity index (χ4v) is 3.31. The van der Waals surface area contributed by atoms with Gasteiger partial charge in [0.25, 0.3) is 0 Å². The lowest BCUT2D eigenvalue weighted by atomic mass is 9.96. The zero-order valence-electron chi connectivity index (χ0n) is 10.6. The maximum absolute atomic E-state index is 9.39. The minimum atomic E-state index is -0.137. The van der Waals surface area contributed by atoms with Crippen molar-refractivity contribution >= 4 is 11.8 Å². The highest BCUT2D eigenvalue weighted by Gasteiger charge is 2.26. The lowest BCUT2D eigenvalue weighted by Crippen LogP contribution is -2.46. The van der Waals surface area contributed by atoms with Gasteiger partial charge in [-0.2, -0.15) is 0 Å². The van der Waals surface area contributed by atoms with Crippen LogP contribution in [-0.2, 0) is 0 Å². The summed E-state index contributed by atoms with van der Waals surface area (Å²) in [4.78, 5) is 1.42. The lowest BCUT2D eigenvalue weighted by Gasteiger charge is -2.29. The van der Waals surface area contributed by atoms with E-state index in [-0.39, 0.29) is 12.1 Å². The molecule has 2 atom stereocenters. The van der Waals surface area contributed by atoms with Gasteiger partial charge in [-0.15, -0.1) is 11.8 Å². The van der Waals surface area contributed by atoms with Gasteiger partial charge < -0.3 is 10.4 Å². The van der Waals surface area contributed by atoms with Crippen molar-refractivity contribution in [3.05, 3.63) is 29.8 Å². The van der Waals surface area contributed by atoms with E-state index in [1.165, 1.54) is 10.5 Å². The Hall–Kier alpha value is -0.510. The molecule has 2 N–H and O–H groups in total. The summed E-state index contributed by atoms with van der Waals surface area (Å²) in [5.74, 6) is 1.73. The minimum Gasteiger partial charge on any atom is -0.394 e. The van der Waals surface area contributed by atoms with Crippen molar-refractivity contribution in [2.75, 3.05) is 18.9 Å². The maximum Gasteiger partial charge on any atom is 0.0610 e. The second-order valence-electron chi connectivity index (χ2n) is 5.00. The van der Waals surface area contributed by atoms with Crippen LogP contribution in [0.2, 0.25) is 0 Å². The van der Waals surface area contributed by atoms with Crippen molar-refractivity contribution in [1.29, 1.82) is 0 Å². The largest absolute Gasteiger partial charge is 0.394 e. The second-order valence-corrected chi connectivity index (χ2v) is 6.06. The van der Waals surface area contributed by atoms with Crippen LogP contribution < -0.4 is 5.32 Å². The number of fused-ring (bicyclic) bond motifs is 1. The summed E-state index contributed by atoms with van der Waals surface area (Å²) < 4.78 is 0. The molecule has 0 aromatic heterocycles. The van der Waals surface area contributed by atoms with E-state index in [1.807, 2.05) is 11.8 Å². The van der Waals surface area contributed by atoms with Crippen LogP contribution in [0.1, 0.15) is 31.7 Å². The highest BCUT2D eigenvalue weighted by molar-refractivity contribution is 7.99. The predicted octanol–water partition coefficient (Wildman–Crippen LogP) is 2.63. The van der Waals surface area contributed by atoms with Gasteiger partial charge in [0, 0.05) is 28.6 Å². The summed E-state index contributed by atoms with van der Waals surface area (Å²) in [7, 11) is 0. The minimum absolute atomic E-state index is 0.137. The lowest BCUT2D eigenvalue weighted by molar-refractivity contribution is 0.169. The molecule has 0 aliphatic carbocycles. The van der Waals surface area contributed by atoms with Crippen LogP contribution in [0.4, 0.5) is 0 Å². The summed E-state index contributed by atoms with van der Waals surface area (Å²) in [6.45, 7) is 5.35. The molecule has 94 valence electrons. The van der Waals surface area contributed by atoms with Gasteiger partial charge in [0.2, 0.25) is 0 Å². The van der Waals surface area contributed by atoms with Gasteiger partial charge in [0.15, 0.2) is 0 Å². The van der Waals surface area contributed by atoms with Crippen molar-refractivity contribution in [1.82, 2.24) is 5.32 Å². The SMILES string of the molecule is CCC(C)(CO)NCC1CSc2ccccc21. The standard InChI is InChI=1S/C14H21NOS/c1-3-14(2,10-16)15-8-11-9-17-13-7-5-4-6-12(11)13/h4-7,11,15-16H,3,8-10H2,1-2H3. The van der Waals surface area contributed by atoms with E-state index >= 15 is 0 Å². The molecule has 1 aliphatic heterocycles. The first-order chi connectivity index (χ1) is 8.18. The Bertz CT molecular complexity index is 376. The van der Waals surface area contributed by atoms with E-state index in [9.17, 15) is 5.11 Å². The molecule has 1 aromatic rings. The average molecular weight is 251 g/mol. The predicted molar refractivity (Wildman–Crippen MR) is 73.7 cm³/mol. The molecule has 2 rings (SSSR count). The van der Waals surface area contributed by atoms with Gasteiger partial charge >= 0.3 is 0 Å². The van der Waals surface area contributed by atoms with E-state index in [2.05, 4.69) is 43.4 Å². The van der Waals surface area contributed by atoms with Crippen LogP contribution in [0.5, 0.6) is 0 Å². The Morgan fingerprint density at radius 3 is 2.94 bits per heavy atom. The van der Waals surface area contributed by atoms with E-state index < -0.39 is 0 Å². The van der Waals surface area contributed by atoms with Crippen LogP contribution in [0.3, 0.4) is 0 Å². The summed E-state index contributed by atoms with van der Waals surface area (Å²) in [5.41, 5.74) is 1.32. The highest BCUT2D eigenvalue weighted by atomic mass is 32.2. The van der Waals surface area contributed by atoms with Crippen LogP contribution >= 0.6 is 11.8 Å². The van der Waals surface area contributed by atoms with Crippen LogP contribution in [0, 0.1) is 0 Å². The molecule has 1 heterocycles. The van der Waals surface area contributed by atoms with Crippen LogP contribution in [0.25, 0.3) is 0 Å². The Balaban J connectivity index is 1.98. The molecular formula is C14H21NOS. The monoisotopic (exact) mass is 251 g/mol. The van der Waals surface area contributed by atoms with Crippen LogP contribution in [-0.4, -0.2) is 29.5 Å². The molecule has 1 aromatic carbocycles. The third-order valence-corrected chi connectivity index (χ3v) is 4.96. The molecule has 0 saturated carbocycles. The Morgan fingerprint density at radius 2 is 2.24 bits per heavy atom. The van der Waals surface area contributed by atoms with Crippen molar-refractivity contribution < 1.29 is 5.11 Å². The number of nitrogens with one attached hydrogen (secondary N) is 1. The first-order valence-corrected chi connectivity index (χ1v) is 7.24. The Labute approximate surface area is 108 Å². The number of hydrogen-bond donors (Lipinski definition) is 2. The Morgan fingerprint density at radius 1 is 1.47 bits per heavy atom. The fourth-order valence-electron chi connectivity index (χ4n) is 2.06. The molecular weight excluding hydrogens is 230 g/mol. The number of aliphatic hydroxyl groups is 1. The topological polar surface area (TPSA) is 32.3 Å². The molecule has 0 amide bonds. The van der Waals surface area contributed by atoms with Crippen molar-refractivity contribution in [2.24, 2.45) is 0 Å². The van der Waals surface area contributed by atoms with E-state index in [0.29, 0.717) is 5.92 Å². The van der Waals surface area contributed by atoms with Crippen molar-refractivity contribution in [2.45, 2.75) is 36.6 Å². The number of thioether (sulfide) groups is 1. The van der Waals surface area contributed by atoms with E-state index in [0.717, 1.165) is 18.7 Å². The zero-order chi connectivity index (χ0) is 12.3. The number of rotatable bonds is 5. The van der Waals surface area contributed by atoms with Gasteiger partial charge in [-0.3, -0.25) is 0 Å². The zero-order valence-corrected chi connectivity index (χ0v) is 11.4. The number of aliphatic hydroxyl groups excluding tert-OH is 1. The summed E-state index contributed by atoms with van der Waals surface area (Å²) in [5, 5.41) is 12.9. The third kappa shape index (κ3) is 2.84. The molecule has 0 spiro atoms. The fraction of sp³-hybridized carbons (Fsp3) is 0.571. The van der Waals surface area contributed by atoms with Gasteiger partial charge in [0.1, 0.15) is 0 Å². The molecule has 1 aliphatic rings. The molecule has 0 bridgehead atoms. The van der Waals surface area contributed by atoms with Gasteiger partial charge in [-0.1, -0.05) is 25.1 Å². The van der Waals surface area contributed by atoms with Crippen LogP contribution in [0.15, 0.2) is 29.2 Å².